The van der Waals surface area contributed by atoms with Crippen molar-refractivity contribution in [1.82, 2.24) is 0 Å². The summed E-state index contributed by atoms with van der Waals surface area (Å²) in [6, 6.07) is 0. The van der Waals surface area contributed by atoms with E-state index in [1.54, 1.807) is 19.8 Å². The molecule has 0 heterocycles. The molecule has 0 amide bonds. The normalized spacial score (nSPS) is 10.0. The maximum absolute atomic E-state index is 11.2. The number of rotatable bonds is 4. The second-order valence-corrected chi connectivity index (χ2v) is 3.63. The standard InChI is InChI=1S/C10H16O3/c1-7(2)5-9(6-11)10(12)13-8(3)4/h7-8H,5H2,1-4H3. The van der Waals surface area contributed by atoms with Gasteiger partial charge in [0.2, 0.25) is 0 Å². The average molecular weight is 184 g/mol. The molecule has 0 N–H and O–H groups in total. The van der Waals surface area contributed by atoms with E-state index in [2.05, 4.69) is 0 Å². The first kappa shape index (κ1) is 11.9. The van der Waals surface area contributed by atoms with Crippen molar-refractivity contribution in [2.75, 3.05) is 0 Å². The molecule has 74 valence electrons. The van der Waals surface area contributed by atoms with Crippen molar-refractivity contribution in [1.29, 1.82) is 0 Å². The fourth-order valence-electron chi connectivity index (χ4n) is 0.860. The molecular weight excluding hydrogens is 168 g/mol. The van der Waals surface area contributed by atoms with E-state index in [0.29, 0.717) is 6.42 Å². The van der Waals surface area contributed by atoms with E-state index < -0.39 is 5.97 Å². The fourth-order valence-corrected chi connectivity index (χ4v) is 0.860. The minimum Gasteiger partial charge on any atom is -0.459 e. The van der Waals surface area contributed by atoms with Crippen molar-refractivity contribution < 1.29 is 14.3 Å². The molecule has 13 heavy (non-hydrogen) atoms. The van der Waals surface area contributed by atoms with Crippen molar-refractivity contribution in [2.24, 2.45) is 5.92 Å². The molecule has 0 atom stereocenters. The highest BCUT2D eigenvalue weighted by atomic mass is 16.5. The smallest absolute Gasteiger partial charge is 0.345 e. The lowest BCUT2D eigenvalue weighted by Crippen LogP contribution is -2.15. The Hall–Kier alpha value is -1.08. The number of ether oxygens (including phenoxy) is 1. The number of carbonyl (C=O) groups excluding carboxylic acids is 2. The number of hydrogen-bond acceptors (Lipinski definition) is 3. The zero-order valence-corrected chi connectivity index (χ0v) is 8.59. The van der Waals surface area contributed by atoms with Gasteiger partial charge in [-0.25, -0.2) is 9.59 Å². The molecule has 0 radical (unpaired) electrons. The molecule has 0 fully saturated rings. The van der Waals surface area contributed by atoms with E-state index >= 15 is 0 Å². The van der Waals surface area contributed by atoms with Gasteiger partial charge in [-0.15, -0.1) is 0 Å². The largest absolute Gasteiger partial charge is 0.459 e. The first-order chi connectivity index (χ1) is 5.97. The first-order valence-electron chi connectivity index (χ1n) is 4.42. The van der Waals surface area contributed by atoms with Crippen LogP contribution in [0, 0.1) is 5.92 Å². The Labute approximate surface area is 78.8 Å². The molecule has 0 aromatic carbocycles. The van der Waals surface area contributed by atoms with Gasteiger partial charge >= 0.3 is 5.97 Å². The van der Waals surface area contributed by atoms with Gasteiger partial charge in [0.15, 0.2) is 0 Å². The van der Waals surface area contributed by atoms with Crippen LogP contribution in [-0.4, -0.2) is 18.0 Å². The molecule has 0 aliphatic carbocycles. The minimum absolute atomic E-state index is 0.101. The molecule has 0 aromatic heterocycles. The van der Waals surface area contributed by atoms with Crippen molar-refractivity contribution in [3.05, 3.63) is 5.57 Å². The second-order valence-electron chi connectivity index (χ2n) is 3.63. The van der Waals surface area contributed by atoms with E-state index in [4.69, 9.17) is 4.74 Å². The summed E-state index contributed by atoms with van der Waals surface area (Å²) in [7, 11) is 0. The molecule has 0 saturated heterocycles. The Balaban J connectivity index is 4.27. The Bertz CT molecular complexity index is 222. The molecule has 0 aromatic rings. The zero-order chi connectivity index (χ0) is 10.4. The molecule has 0 aliphatic rings. The topological polar surface area (TPSA) is 43.4 Å². The van der Waals surface area contributed by atoms with Crippen molar-refractivity contribution in [2.45, 2.75) is 40.2 Å². The highest BCUT2D eigenvalue weighted by Gasteiger charge is 2.15. The van der Waals surface area contributed by atoms with Gasteiger partial charge in [0.05, 0.1) is 6.10 Å². The van der Waals surface area contributed by atoms with E-state index in [9.17, 15) is 9.59 Å². The Morgan fingerprint density at radius 3 is 2.15 bits per heavy atom. The van der Waals surface area contributed by atoms with Crippen molar-refractivity contribution in [3.8, 4) is 0 Å². The van der Waals surface area contributed by atoms with Crippen molar-refractivity contribution >= 4 is 11.9 Å². The van der Waals surface area contributed by atoms with Crippen LogP contribution in [0.3, 0.4) is 0 Å². The first-order valence-corrected chi connectivity index (χ1v) is 4.42. The summed E-state index contributed by atoms with van der Waals surface area (Å²) in [5.74, 6) is 1.35. The zero-order valence-electron chi connectivity index (χ0n) is 8.59. The van der Waals surface area contributed by atoms with Gasteiger partial charge in [0, 0.05) is 0 Å². The lowest BCUT2D eigenvalue weighted by atomic mass is 10.0. The van der Waals surface area contributed by atoms with Crippen LogP contribution in [0.15, 0.2) is 5.57 Å². The number of hydrogen-bond donors (Lipinski definition) is 0. The van der Waals surface area contributed by atoms with Gasteiger partial charge in [-0.1, -0.05) is 13.8 Å². The van der Waals surface area contributed by atoms with E-state index in [0.717, 1.165) is 0 Å². The molecule has 0 unspecified atom stereocenters. The number of carbonyl (C=O) groups is 1. The predicted molar refractivity (Wildman–Crippen MR) is 49.9 cm³/mol. The van der Waals surface area contributed by atoms with E-state index in [1.165, 1.54) is 0 Å². The van der Waals surface area contributed by atoms with Crippen LogP contribution in [0.4, 0.5) is 0 Å². The van der Waals surface area contributed by atoms with Crippen LogP contribution in [0.5, 0.6) is 0 Å². The third kappa shape index (κ3) is 5.21. The Morgan fingerprint density at radius 1 is 1.31 bits per heavy atom. The molecule has 0 saturated carbocycles. The van der Waals surface area contributed by atoms with E-state index in [1.807, 2.05) is 13.8 Å². The molecule has 0 aliphatic heterocycles. The fraction of sp³-hybridized carbons (Fsp3) is 0.700. The second kappa shape index (κ2) is 5.55. The highest BCUT2D eigenvalue weighted by Crippen LogP contribution is 2.10. The summed E-state index contributed by atoms with van der Waals surface area (Å²) in [6.45, 7) is 7.35. The van der Waals surface area contributed by atoms with Crippen molar-refractivity contribution in [3.63, 3.8) is 0 Å². The Morgan fingerprint density at radius 2 is 1.85 bits per heavy atom. The maximum Gasteiger partial charge on any atom is 0.345 e. The molecular formula is C10H16O3. The maximum atomic E-state index is 11.2. The van der Waals surface area contributed by atoms with Crippen LogP contribution in [0.25, 0.3) is 0 Å². The lowest BCUT2D eigenvalue weighted by Gasteiger charge is -2.09. The highest BCUT2D eigenvalue weighted by molar-refractivity contribution is 5.96. The quantitative estimate of drug-likeness (QED) is 0.380. The third-order valence-corrected chi connectivity index (χ3v) is 1.32. The summed E-state index contributed by atoms with van der Waals surface area (Å²) in [6.07, 6.45) is 0.234. The summed E-state index contributed by atoms with van der Waals surface area (Å²) in [5.41, 5.74) is 0.101. The summed E-state index contributed by atoms with van der Waals surface area (Å²) in [4.78, 5) is 21.6. The lowest BCUT2D eigenvalue weighted by molar-refractivity contribution is -0.142. The molecule has 0 rings (SSSR count). The summed E-state index contributed by atoms with van der Waals surface area (Å²) >= 11 is 0. The molecule has 0 spiro atoms. The average Bonchev–Trinajstić information content (AvgIpc) is 1.98. The van der Waals surface area contributed by atoms with Gasteiger partial charge in [-0.3, -0.25) is 0 Å². The SMILES string of the molecule is CC(C)CC(=C=O)C(=O)OC(C)C. The van der Waals surface area contributed by atoms with Gasteiger partial charge < -0.3 is 4.74 Å². The monoisotopic (exact) mass is 184 g/mol. The van der Waals surface area contributed by atoms with Crippen LogP contribution in [0.1, 0.15) is 34.1 Å². The van der Waals surface area contributed by atoms with Gasteiger partial charge in [-0.05, 0) is 26.2 Å². The molecule has 3 nitrogen and oxygen atoms in total. The molecule has 3 heteroatoms. The number of esters is 1. The van der Waals surface area contributed by atoms with Gasteiger partial charge in [-0.2, -0.15) is 0 Å². The summed E-state index contributed by atoms with van der Waals surface area (Å²) in [5, 5.41) is 0. The van der Waals surface area contributed by atoms with Crippen LogP contribution in [-0.2, 0) is 14.3 Å². The van der Waals surface area contributed by atoms with Crippen LogP contribution >= 0.6 is 0 Å². The minimum atomic E-state index is -0.543. The summed E-state index contributed by atoms with van der Waals surface area (Å²) < 4.78 is 4.87. The third-order valence-electron chi connectivity index (χ3n) is 1.32. The molecule has 0 bridgehead atoms. The van der Waals surface area contributed by atoms with Gasteiger partial charge in [0.25, 0.3) is 0 Å². The van der Waals surface area contributed by atoms with E-state index in [-0.39, 0.29) is 17.6 Å². The van der Waals surface area contributed by atoms with Crippen LogP contribution in [0.2, 0.25) is 0 Å². The van der Waals surface area contributed by atoms with Crippen LogP contribution < -0.4 is 0 Å². The van der Waals surface area contributed by atoms with Gasteiger partial charge in [0.1, 0.15) is 11.5 Å². The Kier molecular flexibility index (Phi) is 5.09. The predicted octanol–water partition coefficient (Wildman–Crippen LogP) is 1.74.